The highest BCUT2D eigenvalue weighted by Gasteiger charge is 2.14. The van der Waals surface area contributed by atoms with Crippen LogP contribution in [0.2, 0.25) is 4.34 Å². The third-order valence-corrected chi connectivity index (χ3v) is 5.69. The monoisotopic (exact) mass is 305 g/mol. The van der Waals surface area contributed by atoms with Crippen LogP contribution in [0, 0.1) is 6.92 Å². The van der Waals surface area contributed by atoms with Gasteiger partial charge in [0.25, 0.3) is 0 Å². The molecule has 0 aliphatic rings. The van der Waals surface area contributed by atoms with Gasteiger partial charge in [0.2, 0.25) is 0 Å². The Morgan fingerprint density at radius 1 is 1.53 bits per heavy atom. The fraction of sp³-hybridized carbons (Fsp3) is 0.200. The maximum Gasteiger partial charge on any atom is 0.347 e. The quantitative estimate of drug-likeness (QED) is 0.862. The number of hydrogen-bond donors (Lipinski definition) is 1. The van der Waals surface area contributed by atoms with Crippen molar-refractivity contribution in [2.75, 3.05) is 0 Å². The van der Waals surface area contributed by atoms with E-state index in [0.29, 0.717) is 10.6 Å². The lowest BCUT2D eigenvalue weighted by atomic mass is 10.4. The molecule has 0 radical (unpaired) electrons. The van der Waals surface area contributed by atoms with Crippen molar-refractivity contribution >= 4 is 52.0 Å². The van der Waals surface area contributed by atoms with E-state index in [1.807, 2.05) is 12.1 Å². The lowest BCUT2D eigenvalue weighted by Crippen LogP contribution is -1.94. The summed E-state index contributed by atoms with van der Waals surface area (Å²) in [5.41, 5.74) is 0.578. The Kier molecular flexibility index (Phi) is 4.09. The largest absolute Gasteiger partial charge is 0.477 e. The summed E-state index contributed by atoms with van der Waals surface area (Å²) in [6, 6.07) is 3.83. The Morgan fingerprint density at radius 3 is 2.82 bits per heavy atom. The SMILES string of the molecule is Cc1nc(SCc2ccc(Cl)s2)sc1C(=O)O. The van der Waals surface area contributed by atoms with E-state index < -0.39 is 5.97 Å². The number of carboxylic acids is 1. The van der Waals surface area contributed by atoms with E-state index in [4.69, 9.17) is 16.7 Å². The van der Waals surface area contributed by atoms with Gasteiger partial charge in [-0.3, -0.25) is 0 Å². The number of halogens is 1. The van der Waals surface area contributed by atoms with Crippen molar-refractivity contribution in [3.8, 4) is 0 Å². The van der Waals surface area contributed by atoms with E-state index in [9.17, 15) is 4.79 Å². The summed E-state index contributed by atoms with van der Waals surface area (Å²) in [4.78, 5) is 16.6. The summed E-state index contributed by atoms with van der Waals surface area (Å²) in [6.45, 7) is 1.71. The molecule has 2 rings (SSSR count). The minimum atomic E-state index is -0.911. The standard InChI is InChI=1S/C10H8ClNO2S3/c1-5-8(9(13)14)17-10(12-5)15-4-6-2-3-7(11)16-6/h2-3H,4H2,1H3,(H,13,14). The van der Waals surface area contributed by atoms with Gasteiger partial charge in [0.1, 0.15) is 4.88 Å². The van der Waals surface area contributed by atoms with Crippen LogP contribution in [0.4, 0.5) is 0 Å². The van der Waals surface area contributed by atoms with Gasteiger partial charge in [0.05, 0.1) is 10.0 Å². The smallest absolute Gasteiger partial charge is 0.347 e. The third kappa shape index (κ3) is 3.22. The molecule has 0 saturated heterocycles. The molecule has 0 bridgehead atoms. The minimum Gasteiger partial charge on any atom is -0.477 e. The summed E-state index contributed by atoms with van der Waals surface area (Å²) < 4.78 is 1.55. The number of hydrogen-bond acceptors (Lipinski definition) is 5. The van der Waals surface area contributed by atoms with E-state index in [0.717, 1.165) is 19.3 Å². The Morgan fingerprint density at radius 2 is 2.29 bits per heavy atom. The highest BCUT2D eigenvalue weighted by Crippen LogP contribution is 2.32. The lowest BCUT2D eigenvalue weighted by Gasteiger charge is -1.92. The van der Waals surface area contributed by atoms with E-state index >= 15 is 0 Å². The molecule has 2 heterocycles. The van der Waals surface area contributed by atoms with Crippen LogP contribution in [0.15, 0.2) is 16.5 Å². The molecule has 1 N–H and O–H groups in total. The normalized spacial score (nSPS) is 10.7. The molecule has 2 aromatic heterocycles. The second-order valence-corrected chi connectivity index (χ2v) is 7.22. The van der Waals surface area contributed by atoms with Gasteiger partial charge in [0, 0.05) is 10.6 Å². The highest BCUT2D eigenvalue weighted by molar-refractivity contribution is 8.00. The van der Waals surface area contributed by atoms with Crippen LogP contribution in [0.25, 0.3) is 0 Å². The van der Waals surface area contributed by atoms with Crippen LogP contribution in [-0.2, 0) is 5.75 Å². The number of carboxylic acid groups (broad SMARTS) is 1. The fourth-order valence-electron chi connectivity index (χ4n) is 1.19. The topological polar surface area (TPSA) is 50.2 Å². The van der Waals surface area contributed by atoms with Crippen molar-refractivity contribution in [3.05, 3.63) is 31.9 Å². The first-order valence-electron chi connectivity index (χ1n) is 4.64. The van der Waals surface area contributed by atoms with Crippen LogP contribution < -0.4 is 0 Å². The number of rotatable bonds is 4. The van der Waals surface area contributed by atoms with Crippen LogP contribution in [-0.4, -0.2) is 16.1 Å². The van der Waals surface area contributed by atoms with Gasteiger partial charge in [0.15, 0.2) is 4.34 Å². The zero-order valence-corrected chi connectivity index (χ0v) is 12.0. The van der Waals surface area contributed by atoms with E-state index in [1.54, 1.807) is 6.92 Å². The molecule has 90 valence electrons. The maximum absolute atomic E-state index is 10.9. The highest BCUT2D eigenvalue weighted by atomic mass is 35.5. The molecule has 0 aliphatic heterocycles. The van der Waals surface area contributed by atoms with Crippen molar-refractivity contribution in [1.82, 2.24) is 4.98 Å². The molecule has 0 aliphatic carbocycles. The Bertz CT molecular complexity index is 549. The van der Waals surface area contributed by atoms with Gasteiger partial charge in [-0.2, -0.15) is 0 Å². The molecular formula is C10H8ClNO2S3. The average Bonchev–Trinajstić information content (AvgIpc) is 2.82. The second kappa shape index (κ2) is 5.39. The van der Waals surface area contributed by atoms with Crippen LogP contribution >= 0.6 is 46.0 Å². The lowest BCUT2D eigenvalue weighted by molar-refractivity contribution is 0.0701. The van der Waals surface area contributed by atoms with Gasteiger partial charge in [-0.15, -0.1) is 22.7 Å². The van der Waals surface area contributed by atoms with Gasteiger partial charge in [-0.25, -0.2) is 9.78 Å². The Balaban J connectivity index is 2.04. The summed E-state index contributed by atoms with van der Waals surface area (Å²) in [5.74, 6) is -0.144. The van der Waals surface area contributed by atoms with Crippen LogP contribution in [0.3, 0.4) is 0 Å². The predicted octanol–water partition coefficient (Wildman–Crippen LogP) is 4.16. The first-order chi connectivity index (χ1) is 8.06. The van der Waals surface area contributed by atoms with Crippen molar-refractivity contribution in [2.45, 2.75) is 17.0 Å². The second-order valence-electron chi connectivity index (χ2n) is 3.19. The number of carbonyl (C=O) groups is 1. The molecule has 0 atom stereocenters. The fourth-order valence-corrected chi connectivity index (χ4v) is 4.35. The van der Waals surface area contributed by atoms with Crippen LogP contribution in [0.1, 0.15) is 20.2 Å². The maximum atomic E-state index is 10.9. The van der Waals surface area contributed by atoms with Gasteiger partial charge < -0.3 is 5.11 Å². The summed E-state index contributed by atoms with van der Waals surface area (Å²) in [6.07, 6.45) is 0. The van der Waals surface area contributed by atoms with Crippen molar-refractivity contribution in [2.24, 2.45) is 0 Å². The third-order valence-electron chi connectivity index (χ3n) is 1.94. The van der Waals surface area contributed by atoms with E-state index in [1.165, 1.54) is 34.4 Å². The number of aromatic nitrogens is 1. The molecular weight excluding hydrogens is 298 g/mol. The minimum absolute atomic E-state index is 0.316. The van der Waals surface area contributed by atoms with E-state index in [-0.39, 0.29) is 0 Å². The molecule has 17 heavy (non-hydrogen) atoms. The molecule has 0 unspecified atom stereocenters. The predicted molar refractivity (Wildman–Crippen MR) is 72.7 cm³/mol. The number of nitrogens with zero attached hydrogens (tertiary/aromatic N) is 1. The summed E-state index contributed by atoms with van der Waals surface area (Å²) in [5, 5.41) is 8.91. The summed E-state index contributed by atoms with van der Waals surface area (Å²) >= 11 is 10.1. The number of aryl methyl sites for hydroxylation is 1. The number of aromatic carboxylic acids is 1. The first-order valence-corrected chi connectivity index (χ1v) is 7.63. The molecule has 0 saturated carbocycles. The van der Waals surface area contributed by atoms with Crippen molar-refractivity contribution < 1.29 is 9.90 Å². The van der Waals surface area contributed by atoms with Gasteiger partial charge >= 0.3 is 5.97 Å². The summed E-state index contributed by atoms with van der Waals surface area (Å²) in [7, 11) is 0. The Hall–Kier alpha value is -0.560. The zero-order chi connectivity index (χ0) is 12.4. The number of thiazole rings is 1. The van der Waals surface area contributed by atoms with Gasteiger partial charge in [-0.1, -0.05) is 23.4 Å². The molecule has 0 aromatic carbocycles. The number of thiophene rings is 1. The molecule has 2 aromatic rings. The number of thioether (sulfide) groups is 1. The molecule has 3 nitrogen and oxygen atoms in total. The van der Waals surface area contributed by atoms with E-state index in [2.05, 4.69) is 4.98 Å². The van der Waals surface area contributed by atoms with Crippen molar-refractivity contribution in [3.63, 3.8) is 0 Å². The zero-order valence-electron chi connectivity index (χ0n) is 8.77. The Labute approximate surface area is 115 Å². The van der Waals surface area contributed by atoms with Crippen LogP contribution in [0.5, 0.6) is 0 Å². The average molecular weight is 306 g/mol. The molecule has 0 amide bonds. The van der Waals surface area contributed by atoms with Crippen molar-refractivity contribution in [1.29, 1.82) is 0 Å². The molecule has 0 fully saturated rings. The molecule has 7 heteroatoms. The first kappa shape index (κ1) is 12.9. The molecule has 0 spiro atoms. The van der Waals surface area contributed by atoms with Gasteiger partial charge in [-0.05, 0) is 19.1 Å².